The van der Waals surface area contributed by atoms with Crippen molar-refractivity contribution in [1.29, 1.82) is 0 Å². The van der Waals surface area contributed by atoms with Crippen LogP contribution in [0.2, 0.25) is 0 Å². The first-order chi connectivity index (χ1) is 12.5. The van der Waals surface area contributed by atoms with Gasteiger partial charge in [-0.1, -0.05) is 67.1 Å². The zero-order chi connectivity index (χ0) is 18.4. The topological polar surface area (TPSA) is 52.0 Å². The van der Waals surface area contributed by atoms with Crippen LogP contribution in [0, 0.1) is 0 Å². The molecule has 0 fully saturated rings. The summed E-state index contributed by atoms with van der Waals surface area (Å²) in [5, 5.41) is 0. The Hall–Kier alpha value is -2.40. The van der Waals surface area contributed by atoms with Gasteiger partial charge in [0.2, 0.25) is 0 Å². The largest absolute Gasteiger partial charge is 0.330 e. The van der Waals surface area contributed by atoms with Gasteiger partial charge in [0.05, 0.1) is 17.7 Å². The van der Waals surface area contributed by atoms with Gasteiger partial charge in [0.15, 0.2) is 0 Å². The van der Waals surface area contributed by atoms with E-state index in [2.05, 4.69) is 33.8 Å². The fourth-order valence-electron chi connectivity index (χ4n) is 3.08. The van der Waals surface area contributed by atoms with Gasteiger partial charge in [0, 0.05) is 29.7 Å². The summed E-state index contributed by atoms with van der Waals surface area (Å²) in [5.74, 6) is 0.262. The number of imidazole rings is 1. The average molecular weight is 369 g/mol. The summed E-state index contributed by atoms with van der Waals surface area (Å²) in [7, 11) is -2.87. The van der Waals surface area contributed by atoms with Crippen LogP contribution in [-0.4, -0.2) is 30.0 Å². The van der Waals surface area contributed by atoms with Gasteiger partial charge in [-0.25, -0.2) is 13.4 Å². The lowest BCUT2D eigenvalue weighted by Gasteiger charge is -2.11. The van der Waals surface area contributed by atoms with Gasteiger partial charge in [-0.15, -0.1) is 0 Å². The van der Waals surface area contributed by atoms with Crippen molar-refractivity contribution in [3.63, 3.8) is 0 Å². The number of hydrogen-bond donors (Lipinski definition) is 0. The van der Waals surface area contributed by atoms with Gasteiger partial charge in [-0.05, 0) is 12.8 Å². The van der Waals surface area contributed by atoms with Gasteiger partial charge in [-0.3, -0.25) is 0 Å². The van der Waals surface area contributed by atoms with Crippen molar-refractivity contribution in [3.8, 4) is 22.5 Å². The minimum atomic E-state index is -2.87. The van der Waals surface area contributed by atoms with E-state index in [1.54, 1.807) is 0 Å². The third-order valence-electron chi connectivity index (χ3n) is 4.35. The highest BCUT2D eigenvalue weighted by Crippen LogP contribution is 2.31. The van der Waals surface area contributed by atoms with Crippen molar-refractivity contribution >= 4 is 9.84 Å². The molecule has 0 amide bonds. The van der Waals surface area contributed by atoms with Crippen LogP contribution in [0.4, 0.5) is 0 Å². The number of nitrogens with zero attached hydrogens (tertiary/aromatic N) is 2. The van der Waals surface area contributed by atoms with Crippen molar-refractivity contribution in [1.82, 2.24) is 9.55 Å². The van der Waals surface area contributed by atoms with Crippen molar-refractivity contribution in [2.24, 2.45) is 0 Å². The minimum absolute atomic E-state index is 0.262. The summed E-state index contributed by atoms with van der Waals surface area (Å²) < 4.78 is 24.7. The first-order valence-corrected chi connectivity index (χ1v) is 10.9. The highest BCUT2D eigenvalue weighted by Gasteiger charge is 2.14. The van der Waals surface area contributed by atoms with E-state index in [-0.39, 0.29) is 5.75 Å². The van der Waals surface area contributed by atoms with E-state index in [0.717, 1.165) is 41.9 Å². The highest BCUT2D eigenvalue weighted by molar-refractivity contribution is 7.90. The summed E-state index contributed by atoms with van der Waals surface area (Å²) in [5.41, 5.74) is 4.33. The normalized spacial score (nSPS) is 11.6. The second kappa shape index (κ2) is 8.32. The monoisotopic (exact) mass is 368 g/mol. The molecule has 0 saturated heterocycles. The standard InChI is InChI=1S/C21H24N2O2S/c1-26(24,25)16-10-4-9-15-23-17-22-20(18-11-5-2-6-12-18)21(23)19-13-7-3-8-14-19/h2-3,5-8,11-14,17H,4,9-10,15-16H2,1H3. The Morgan fingerprint density at radius 1 is 0.846 bits per heavy atom. The fourth-order valence-corrected chi connectivity index (χ4v) is 3.81. The Morgan fingerprint density at radius 3 is 2.08 bits per heavy atom. The Balaban J connectivity index is 1.81. The van der Waals surface area contributed by atoms with Crippen molar-refractivity contribution in [2.75, 3.05) is 12.0 Å². The van der Waals surface area contributed by atoms with Crippen LogP contribution in [0.5, 0.6) is 0 Å². The number of aromatic nitrogens is 2. The predicted molar refractivity (Wildman–Crippen MR) is 107 cm³/mol. The summed E-state index contributed by atoms with van der Waals surface area (Å²) in [4.78, 5) is 4.67. The molecule has 1 aromatic heterocycles. The fraction of sp³-hybridized carbons (Fsp3) is 0.286. The van der Waals surface area contributed by atoms with E-state index >= 15 is 0 Å². The molecule has 0 unspecified atom stereocenters. The number of benzene rings is 2. The molecule has 3 aromatic rings. The van der Waals surface area contributed by atoms with Gasteiger partial charge >= 0.3 is 0 Å². The second-order valence-corrected chi connectivity index (χ2v) is 8.82. The van der Waals surface area contributed by atoms with E-state index in [0.29, 0.717) is 6.42 Å². The van der Waals surface area contributed by atoms with Gasteiger partial charge in [0.25, 0.3) is 0 Å². The van der Waals surface area contributed by atoms with Gasteiger partial charge in [-0.2, -0.15) is 0 Å². The molecule has 4 nitrogen and oxygen atoms in total. The number of aryl methyl sites for hydroxylation is 1. The van der Waals surface area contributed by atoms with Gasteiger partial charge < -0.3 is 4.57 Å². The molecule has 0 N–H and O–H groups in total. The Labute approximate surface area is 155 Å². The Morgan fingerprint density at radius 2 is 1.46 bits per heavy atom. The SMILES string of the molecule is CS(=O)(=O)CCCCCn1cnc(-c2ccccc2)c1-c1ccccc1. The van der Waals surface area contributed by atoms with Crippen LogP contribution < -0.4 is 0 Å². The molecule has 3 rings (SSSR count). The van der Waals surface area contributed by atoms with E-state index < -0.39 is 9.84 Å². The lowest BCUT2D eigenvalue weighted by atomic mass is 10.0. The van der Waals surface area contributed by atoms with Gasteiger partial charge in [0.1, 0.15) is 9.84 Å². The molecular weight excluding hydrogens is 344 g/mol. The molecule has 0 aliphatic heterocycles. The van der Waals surface area contributed by atoms with Crippen LogP contribution >= 0.6 is 0 Å². The third-order valence-corrected chi connectivity index (χ3v) is 5.38. The summed E-state index contributed by atoms with van der Waals surface area (Å²) in [6, 6.07) is 20.5. The molecule has 2 aromatic carbocycles. The molecule has 26 heavy (non-hydrogen) atoms. The maximum atomic E-state index is 11.2. The summed E-state index contributed by atoms with van der Waals surface area (Å²) in [6.07, 6.45) is 5.71. The zero-order valence-electron chi connectivity index (χ0n) is 15.0. The number of rotatable bonds is 8. The van der Waals surface area contributed by atoms with Crippen LogP contribution in [0.15, 0.2) is 67.0 Å². The zero-order valence-corrected chi connectivity index (χ0v) is 15.8. The number of sulfone groups is 1. The van der Waals surface area contributed by atoms with Crippen LogP contribution in [0.3, 0.4) is 0 Å². The van der Waals surface area contributed by atoms with Crippen molar-refractivity contribution in [2.45, 2.75) is 25.8 Å². The van der Waals surface area contributed by atoms with Crippen molar-refractivity contribution < 1.29 is 8.42 Å². The molecule has 0 bridgehead atoms. The summed E-state index contributed by atoms with van der Waals surface area (Å²) in [6.45, 7) is 0.827. The van der Waals surface area contributed by atoms with E-state index in [9.17, 15) is 8.42 Å². The maximum Gasteiger partial charge on any atom is 0.147 e. The van der Waals surface area contributed by atoms with Crippen LogP contribution in [0.25, 0.3) is 22.5 Å². The molecule has 0 aliphatic carbocycles. The average Bonchev–Trinajstić information content (AvgIpc) is 3.06. The number of unbranched alkanes of at least 4 members (excludes halogenated alkanes) is 2. The lowest BCUT2D eigenvalue weighted by molar-refractivity contribution is 0.582. The first-order valence-electron chi connectivity index (χ1n) is 8.88. The predicted octanol–water partition coefficient (Wildman–Crippen LogP) is 4.43. The van der Waals surface area contributed by atoms with E-state index in [4.69, 9.17) is 0 Å². The molecule has 5 heteroatoms. The molecule has 0 aliphatic rings. The Kier molecular flexibility index (Phi) is 5.89. The van der Waals surface area contributed by atoms with E-state index in [1.807, 2.05) is 42.7 Å². The van der Waals surface area contributed by atoms with Crippen LogP contribution in [-0.2, 0) is 16.4 Å². The first kappa shape index (κ1) is 18.4. The Bertz CT molecular complexity index is 933. The maximum absolute atomic E-state index is 11.2. The quantitative estimate of drug-likeness (QED) is 0.553. The molecule has 0 saturated carbocycles. The highest BCUT2D eigenvalue weighted by atomic mass is 32.2. The minimum Gasteiger partial charge on any atom is -0.330 e. The second-order valence-electron chi connectivity index (χ2n) is 6.56. The number of hydrogen-bond acceptors (Lipinski definition) is 3. The molecule has 136 valence electrons. The molecule has 0 atom stereocenters. The lowest BCUT2D eigenvalue weighted by Crippen LogP contribution is -2.04. The van der Waals surface area contributed by atoms with Crippen LogP contribution in [0.1, 0.15) is 19.3 Å². The molecular formula is C21H24N2O2S. The molecule has 0 radical (unpaired) electrons. The molecule has 0 spiro atoms. The summed E-state index contributed by atoms with van der Waals surface area (Å²) >= 11 is 0. The third kappa shape index (κ3) is 4.82. The van der Waals surface area contributed by atoms with E-state index in [1.165, 1.54) is 6.26 Å². The smallest absolute Gasteiger partial charge is 0.147 e. The van der Waals surface area contributed by atoms with Crippen molar-refractivity contribution in [3.05, 3.63) is 67.0 Å². The molecule has 1 heterocycles.